The number of rotatable bonds is 4. The summed E-state index contributed by atoms with van der Waals surface area (Å²) in [6, 6.07) is 0.898. The lowest BCUT2D eigenvalue weighted by Gasteiger charge is -2.58. The third-order valence-corrected chi connectivity index (χ3v) is 10.0. The van der Waals surface area contributed by atoms with Gasteiger partial charge in [0.15, 0.2) is 9.84 Å². The summed E-state index contributed by atoms with van der Waals surface area (Å²) in [4.78, 5) is 5.45. The summed E-state index contributed by atoms with van der Waals surface area (Å²) in [7, 11) is -2.71. The third-order valence-electron chi connectivity index (χ3n) is 8.19. The van der Waals surface area contributed by atoms with Gasteiger partial charge >= 0.3 is 0 Å². The highest BCUT2D eigenvalue weighted by Crippen LogP contribution is 2.55. The Kier molecular flexibility index (Phi) is 4.41. The molecule has 2 saturated heterocycles. The van der Waals surface area contributed by atoms with E-state index in [9.17, 15) is 8.42 Å². The fourth-order valence-electron chi connectivity index (χ4n) is 7.24. The van der Waals surface area contributed by atoms with Crippen LogP contribution in [0.2, 0.25) is 0 Å². The quantitative estimate of drug-likeness (QED) is 0.765. The lowest BCUT2D eigenvalue weighted by molar-refractivity contribution is -0.0765. The molecule has 4 bridgehead atoms. The van der Waals surface area contributed by atoms with Gasteiger partial charge in [0, 0.05) is 32.2 Å². The summed E-state index contributed by atoms with van der Waals surface area (Å²) < 4.78 is 23.2. The Morgan fingerprint density at radius 1 is 0.840 bits per heavy atom. The summed E-state index contributed by atoms with van der Waals surface area (Å²) in [6.45, 7) is 5.99. The molecule has 25 heavy (non-hydrogen) atoms. The molecule has 2 aliphatic heterocycles. The molecular weight excluding hydrogens is 332 g/mol. The molecule has 1 atom stereocenters. The van der Waals surface area contributed by atoms with E-state index >= 15 is 0 Å². The summed E-state index contributed by atoms with van der Waals surface area (Å²) in [5, 5.41) is 0. The van der Waals surface area contributed by atoms with Crippen molar-refractivity contribution in [3.63, 3.8) is 0 Å². The average molecular weight is 367 g/mol. The van der Waals surface area contributed by atoms with Crippen molar-refractivity contribution in [2.24, 2.45) is 29.6 Å². The average Bonchev–Trinajstić information content (AvgIpc) is 2.92. The minimum atomic E-state index is -2.71. The SMILES string of the molecule is O=S1(=O)CC[C@@H](CCN2CCN(C3C4CC5CC(C4)CC3C5)CC2)C1. The smallest absolute Gasteiger partial charge is 0.150 e. The monoisotopic (exact) mass is 366 g/mol. The predicted octanol–water partition coefficient (Wildman–Crippen LogP) is 2.25. The highest BCUT2D eigenvalue weighted by atomic mass is 32.2. The summed E-state index contributed by atoms with van der Waals surface area (Å²) >= 11 is 0. The van der Waals surface area contributed by atoms with Crippen LogP contribution in [0.5, 0.6) is 0 Å². The van der Waals surface area contributed by atoms with Crippen LogP contribution in [0, 0.1) is 29.6 Å². The van der Waals surface area contributed by atoms with E-state index in [-0.39, 0.29) is 0 Å². The Morgan fingerprint density at radius 2 is 1.48 bits per heavy atom. The van der Waals surface area contributed by atoms with Crippen LogP contribution < -0.4 is 0 Å². The first-order chi connectivity index (χ1) is 12.1. The van der Waals surface area contributed by atoms with Gasteiger partial charge < -0.3 is 4.90 Å². The van der Waals surface area contributed by atoms with Crippen LogP contribution in [0.25, 0.3) is 0 Å². The molecule has 0 amide bonds. The van der Waals surface area contributed by atoms with Crippen LogP contribution in [0.3, 0.4) is 0 Å². The van der Waals surface area contributed by atoms with Gasteiger partial charge in [-0.2, -0.15) is 0 Å². The first-order valence-electron chi connectivity index (χ1n) is 10.7. The molecule has 6 aliphatic rings. The number of hydrogen-bond donors (Lipinski definition) is 0. The van der Waals surface area contributed by atoms with Gasteiger partial charge in [0.2, 0.25) is 0 Å². The maximum Gasteiger partial charge on any atom is 0.150 e. The van der Waals surface area contributed by atoms with Crippen molar-refractivity contribution in [2.75, 3.05) is 44.2 Å². The van der Waals surface area contributed by atoms with E-state index < -0.39 is 9.84 Å². The highest BCUT2D eigenvalue weighted by molar-refractivity contribution is 7.91. The van der Waals surface area contributed by atoms with E-state index in [0.717, 1.165) is 49.1 Å². The summed E-state index contributed by atoms with van der Waals surface area (Å²) in [5.41, 5.74) is 0. The molecule has 0 aromatic heterocycles. The second-order valence-electron chi connectivity index (χ2n) is 9.86. The van der Waals surface area contributed by atoms with Crippen molar-refractivity contribution in [2.45, 2.75) is 51.0 Å². The van der Waals surface area contributed by atoms with Gasteiger partial charge in [-0.25, -0.2) is 8.42 Å². The Balaban J connectivity index is 1.11. The molecule has 142 valence electrons. The standard InChI is InChI=1S/C20H34N2O2S/c23-25(24)8-2-15(14-25)1-3-21-4-6-22(7-5-21)20-18-10-16-9-17(12-18)13-19(20)11-16/h15-20H,1-14H2/t15-,16?,17?,18?,19?,20?/m1/s1. The maximum atomic E-state index is 11.6. The fraction of sp³-hybridized carbons (Fsp3) is 1.00. The van der Waals surface area contributed by atoms with Crippen molar-refractivity contribution in [3.05, 3.63) is 0 Å². The van der Waals surface area contributed by atoms with Crippen LogP contribution in [-0.2, 0) is 9.84 Å². The van der Waals surface area contributed by atoms with Crippen LogP contribution in [-0.4, -0.2) is 68.5 Å². The van der Waals surface area contributed by atoms with Gasteiger partial charge in [-0.15, -0.1) is 0 Å². The molecule has 2 heterocycles. The third kappa shape index (κ3) is 3.41. The second kappa shape index (κ2) is 6.49. The Bertz CT molecular complexity index is 569. The Morgan fingerprint density at radius 3 is 2.04 bits per heavy atom. The Labute approximate surface area is 153 Å². The van der Waals surface area contributed by atoms with Gasteiger partial charge in [-0.3, -0.25) is 4.90 Å². The lowest BCUT2D eigenvalue weighted by atomic mass is 9.54. The lowest BCUT2D eigenvalue weighted by Crippen LogP contribution is -2.60. The predicted molar refractivity (Wildman–Crippen MR) is 100 cm³/mol. The summed E-state index contributed by atoms with van der Waals surface area (Å²) in [6.07, 6.45) is 9.61. The van der Waals surface area contributed by atoms with Crippen LogP contribution in [0.1, 0.15) is 44.9 Å². The molecule has 4 saturated carbocycles. The molecule has 6 fully saturated rings. The van der Waals surface area contributed by atoms with Gasteiger partial charge in [0.25, 0.3) is 0 Å². The molecule has 5 heteroatoms. The van der Waals surface area contributed by atoms with Crippen LogP contribution in [0.4, 0.5) is 0 Å². The zero-order valence-corrected chi connectivity index (χ0v) is 16.3. The van der Waals surface area contributed by atoms with Crippen LogP contribution in [0.15, 0.2) is 0 Å². The number of piperazine rings is 1. The normalized spacial score (nSPS) is 46.7. The first kappa shape index (κ1) is 17.0. The van der Waals surface area contributed by atoms with Crippen molar-refractivity contribution < 1.29 is 8.42 Å². The van der Waals surface area contributed by atoms with Crippen LogP contribution >= 0.6 is 0 Å². The molecule has 0 spiro atoms. The van der Waals surface area contributed by atoms with Crippen molar-refractivity contribution in [1.82, 2.24) is 9.80 Å². The molecule has 4 aliphatic carbocycles. The van der Waals surface area contributed by atoms with E-state index in [1.807, 2.05) is 0 Å². The molecule has 0 N–H and O–H groups in total. The van der Waals surface area contributed by atoms with Crippen molar-refractivity contribution in [3.8, 4) is 0 Å². The fourth-order valence-corrected chi connectivity index (χ4v) is 9.15. The van der Waals surface area contributed by atoms with Crippen molar-refractivity contribution in [1.29, 1.82) is 0 Å². The molecule has 6 rings (SSSR count). The largest absolute Gasteiger partial charge is 0.301 e. The number of nitrogens with zero attached hydrogens (tertiary/aromatic N) is 2. The van der Waals surface area contributed by atoms with E-state index in [1.165, 1.54) is 51.9 Å². The number of sulfone groups is 1. The zero-order chi connectivity index (χ0) is 17.0. The van der Waals surface area contributed by atoms with E-state index in [2.05, 4.69) is 9.80 Å². The Hall–Kier alpha value is -0.130. The van der Waals surface area contributed by atoms with Gasteiger partial charge in [-0.05, 0) is 81.1 Å². The van der Waals surface area contributed by atoms with E-state index in [4.69, 9.17) is 0 Å². The van der Waals surface area contributed by atoms with E-state index in [0.29, 0.717) is 17.4 Å². The molecule has 0 unspecified atom stereocenters. The van der Waals surface area contributed by atoms with Crippen molar-refractivity contribution >= 4 is 9.84 Å². The molecule has 4 nitrogen and oxygen atoms in total. The minimum Gasteiger partial charge on any atom is -0.301 e. The summed E-state index contributed by atoms with van der Waals surface area (Å²) in [5.74, 6) is 5.45. The number of hydrogen-bond acceptors (Lipinski definition) is 4. The highest BCUT2D eigenvalue weighted by Gasteiger charge is 2.50. The minimum absolute atomic E-state index is 0.424. The molecule has 0 aromatic carbocycles. The second-order valence-corrected chi connectivity index (χ2v) is 12.1. The topological polar surface area (TPSA) is 40.6 Å². The van der Waals surface area contributed by atoms with Gasteiger partial charge in [0.05, 0.1) is 11.5 Å². The van der Waals surface area contributed by atoms with E-state index in [1.54, 1.807) is 6.42 Å². The molecule has 0 radical (unpaired) electrons. The maximum absolute atomic E-state index is 11.6. The molecular formula is C20H34N2O2S. The zero-order valence-electron chi connectivity index (χ0n) is 15.5. The molecule has 0 aromatic rings. The first-order valence-corrected chi connectivity index (χ1v) is 12.5. The van der Waals surface area contributed by atoms with Gasteiger partial charge in [-0.1, -0.05) is 0 Å². The van der Waals surface area contributed by atoms with Gasteiger partial charge in [0.1, 0.15) is 0 Å².